The van der Waals surface area contributed by atoms with Gasteiger partial charge in [-0.1, -0.05) is 19.1 Å². The first-order valence-electron chi connectivity index (χ1n) is 7.33. The number of benzene rings is 1. The zero-order chi connectivity index (χ0) is 15.6. The molecular formula is C15H19N3O3S. The molecular weight excluding hydrogens is 302 g/mol. The van der Waals surface area contributed by atoms with Gasteiger partial charge in [0.2, 0.25) is 0 Å². The minimum absolute atomic E-state index is 0.0469. The summed E-state index contributed by atoms with van der Waals surface area (Å²) >= 11 is 0. The molecule has 1 fully saturated rings. The van der Waals surface area contributed by atoms with E-state index in [9.17, 15) is 8.42 Å². The lowest BCUT2D eigenvalue weighted by Gasteiger charge is -2.33. The Bertz CT molecular complexity index is 728. The number of para-hydroxylation sites is 2. The van der Waals surface area contributed by atoms with Crippen molar-refractivity contribution in [2.75, 3.05) is 18.0 Å². The van der Waals surface area contributed by atoms with Gasteiger partial charge >= 0.3 is 10.1 Å². The highest BCUT2D eigenvalue weighted by atomic mass is 32.2. The Morgan fingerprint density at radius 1 is 1.36 bits per heavy atom. The maximum atomic E-state index is 12.3. The quantitative estimate of drug-likeness (QED) is 0.875. The summed E-state index contributed by atoms with van der Waals surface area (Å²) in [7, 11) is -3.89. The number of imidazole rings is 1. The highest BCUT2D eigenvalue weighted by Gasteiger charge is 2.23. The number of rotatable bonds is 4. The molecule has 1 aliphatic heterocycles. The molecule has 1 aromatic heterocycles. The van der Waals surface area contributed by atoms with Crippen molar-refractivity contribution < 1.29 is 12.6 Å². The third kappa shape index (κ3) is 3.09. The molecule has 2 aromatic rings. The Hall–Kier alpha value is -2.02. The first kappa shape index (κ1) is 14.9. The van der Waals surface area contributed by atoms with Gasteiger partial charge in [0.25, 0.3) is 0 Å². The zero-order valence-corrected chi connectivity index (χ0v) is 13.2. The summed E-state index contributed by atoms with van der Waals surface area (Å²) in [4.78, 5) is 8.48. The summed E-state index contributed by atoms with van der Waals surface area (Å²) in [5, 5.41) is -0.0469. The van der Waals surface area contributed by atoms with Gasteiger partial charge in [-0.15, -0.1) is 0 Å². The molecule has 1 N–H and O–H groups in total. The Balaban J connectivity index is 1.89. The van der Waals surface area contributed by atoms with E-state index in [0.717, 1.165) is 25.2 Å². The summed E-state index contributed by atoms with van der Waals surface area (Å²) in [5.41, 5.74) is 0.817. The largest absolute Gasteiger partial charge is 0.376 e. The molecule has 22 heavy (non-hydrogen) atoms. The van der Waals surface area contributed by atoms with Gasteiger partial charge in [0.05, 0.1) is 18.2 Å². The van der Waals surface area contributed by atoms with Gasteiger partial charge in [0.15, 0.2) is 10.8 Å². The SMILES string of the molecule is CC1CCCN(c2ccccc2OS(=O)(=O)c2cnc[nH]2)C1. The second kappa shape index (κ2) is 6.00. The summed E-state index contributed by atoms with van der Waals surface area (Å²) in [6.07, 6.45) is 4.85. The Morgan fingerprint density at radius 3 is 2.91 bits per heavy atom. The van der Waals surface area contributed by atoms with Crippen LogP contribution >= 0.6 is 0 Å². The molecule has 3 rings (SSSR count). The lowest BCUT2D eigenvalue weighted by Crippen LogP contribution is -2.34. The van der Waals surface area contributed by atoms with E-state index in [1.165, 1.54) is 18.9 Å². The van der Waals surface area contributed by atoms with Gasteiger partial charge in [-0.05, 0) is 30.9 Å². The highest BCUT2D eigenvalue weighted by Crippen LogP contribution is 2.33. The normalized spacial score (nSPS) is 19.1. The van der Waals surface area contributed by atoms with Crippen LogP contribution in [0.15, 0.2) is 41.8 Å². The molecule has 1 saturated heterocycles. The number of nitrogens with zero attached hydrogens (tertiary/aromatic N) is 2. The number of H-pyrrole nitrogens is 1. The second-order valence-corrected chi connectivity index (χ2v) is 7.13. The Kier molecular flexibility index (Phi) is 4.06. The van der Waals surface area contributed by atoms with Crippen molar-refractivity contribution in [3.8, 4) is 5.75 Å². The Morgan fingerprint density at radius 2 is 2.18 bits per heavy atom. The minimum Gasteiger partial charge on any atom is -0.376 e. The van der Waals surface area contributed by atoms with Gasteiger partial charge < -0.3 is 14.1 Å². The number of aromatic amines is 1. The molecule has 0 amide bonds. The van der Waals surface area contributed by atoms with E-state index in [4.69, 9.17) is 4.18 Å². The molecule has 1 atom stereocenters. The average Bonchev–Trinajstić information content (AvgIpc) is 3.02. The van der Waals surface area contributed by atoms with Crippen LogP contribution in [-0.4, -0.2) is 31.5 Å². The predicted octanol–water partition coefficient (Wildman–Crippen LogP) is 2.41. The van der Waals surface area contributed by atoms with E-state index in [1.54, 1.807) is 12.1 Å². The van der Waals surface area contributed by atoms with Crippen molar-refractivity contribution in [2.24, 2.45) is 5.92 Å². The molecule has 0 radical (unpaired) electrons. The lowest BCUT2D eigenvalue weighted by molar-refractivity contribution is 0.440. The zero-order valence-electron chi connectivity index (χ0n) is 12.4. The minimum atomic E-state index is -3.89. The Labute approximate surface area is 130 Å². The van der Waals surface area contributed by atoms with Crippen LogP contribution in [0.1, 0.15) is 19.8 Å². The van der Waals surface area contributed by atoms with Gasteiger partial charge in [0.1, 0.15) is 0 Å². The van der Waals surface area contributed by atoms with Crippen LogP contribution in [0, 0.1) is 5.92 Å². The molecule has 1 aromatic carbocycles. The molecule has 0 bridgehead atoms. The number of nitrogens with one attached hydrogen (secondary N) is 1. The van der Waals surface area contributed by atoms with Crippen LogP contribution in [0.3, 0.4) is 0 Å². The van der Waals surface area contributed by atoms with Crippen molar-refractivity contribution in [2.45, 2.75) is 24.8 Å². The molecule has 0 aliphatic carbocycles. The second-order valence-electron chi connectivity index (χ2n) is 5.61. The molecule has 1 unspecified atom stereocenters. The average molecular weight is 321 g/mol. The monoisotopic (exact) mass is 321 g/mol. The van der Waals surface area contributed by atoms with E-state index in [1.807, 2.05) is 12.1 Å². The topological polar surface area (TPSA) is 75.3 Å². The first-order chi connectivity index (χ1) is 10.6. The van der Waals surface area contributed by atoms with Gasteiger partial charge in [-0.2, -0.15) is 8.42 Å². The number of hydrogen-bond acceptors (Lipinski definition) is 5. The highest BCUT2D eigenvalue weighted by molar-refractivity contribution is 7.87. The fourth-order valence-electron chi connectivity index (χ4n) is 2.74. The van der Waals surface area contributed by atoms with Crippen LogP contribution in [0.4, 0.5) is 5.69 Å². The molecule has 2 heterocycles. The fraction of sp³-hybridized carbons (Fsp3) is 0.400. The van der Waals surface area contributed by atoms with Gasteiger partial charge in [0, 0.05) is 13.1 Å². The number of aromatic nitrogens is 2. The molecule has 0 spiro atoms. The van der Waals surface area contributed by atoms with Gasteiger partial charge in [-0.25, -0.2) is 4.98 Å². The van der Waals surface area contributed by atoms with Crippen LogP contribution in [-0.2, 0) is 10.1 Å². The maximum Gasteiger partial charge on any atom is 0.356 e. The van der Waals surface area contributed by atoms with Crippen LogP contribution in [0.25, 0.3) is 0 Å². The third-order valence-electron chi connectivity index (χ3n) is 3.80. The fourth-order valence-corrected chi connectivity index (χ4v) is 3.59. The predicted molar refractivity (Wildman–Crippen MR) is 83.5 cm³/mol. The molecule has 1 aliphatic rings. The van der Waals surface area contributed by atoms with Crippen molar-refractivity contribution >= 4 is 15.8 Å². The van der Waals surface area contributed by atoms with E-state index >= 15 is 0 Å². The maximum absolute atomic E-state index is 12.3. The first-order valence-corrected chi connectivity index (χ1v) is 8.74. The van der Waals surface area contributed by atoms with Crippen molar-refractivity contribution in [1.82, 2.24) is 9.97 Å². The number of anilines is 1. The summed E-state index contributed by atoms with van der Waals surface area (Å²) in [6.45, 7) is 4.02. The van der Waals surface area contributed by atoms with Crippen molar-refractivity contribution in [3.05, 3.63) is 36.8 Å². The van der Waals surface area contributed by atoms with Crippen LogP contribution in [0.5, 0.6) is 5.75 Å². The van der Waals surface area contributed by atoms with E-state index in [-0.39, 0.29) is 5.03 Å². The van der Waals surface area contributed by atoms with Crippen molar-refractivity contribution in [1.29, 1.82) is 0 Å². The van der Waals surface area contributed by atoms with E-state index < -0.39 is 10.1 Å². The molecule has 7 heteroatoms. The number of hydrogen-bond donors (Lipinski definition) is 1. The molecule has 6 nitrogen and oxygen atoms in total. The summed E-state index contributed by atoms with van der Waals surface area (Å²) in [5.74, 6) is 0.942. The lowest BCUT2D eigenvalue weighted by atomic mass is 10.00. The van der Waals surface area contributed by atoms with Gasteiger partial charge in [-0.3, -0.25) is 0 Å². The van der Waals surface area contributed by atoms with Crippen molar-refractivity contribution in [3.63, 3.8) is 0 Å². The number of piperidine rings is 1. The molecule has 0 saturated carbocycles. The third-order valence-corrected chi connectivity index (χ3v) is 4.97. The molecule has 118 valence electrons. The standard InChI is InChI=1S/C15H19N3O3S/c1-12-5-4-8-18(10-12)13-6-2-3-7-14(13)21-22(19,20)15-9-16-11-17-15/h2-3,6-7,9,11-12H,4-5,8,10H2,1H3,(H,16,17). The van der Waals surface area contributed by atoms with E-state index in [2.05, 4.69) is 21.8 Å². The van der Waals surface area contributed by atoms with Crippen LogP contribution < -0.4 is 9.08 Å². The summed E-state index contributed by atoms with van der Waals surface area (Å²) < 4.78 is 29.8. The van der Waals surface area contributed by atoms with E-state index in [0.29, 0.717) is 11.7 Å². The smallest absolute Gasteiger partial charge is 0.356 e. The summed E-state index contributed by atoms with van der Waals surface area (Å²) in [6, 6.07) is 7.25. The van der Waals surface area contributed by atoms with Crippen LogP contribution in [0.2, 0.25) is 0 Å².